The normalized spacial score (nSPS) is 15.4. The van der Waals surface area contributed by atoms with Crippen LogP contribution in [0.2, 0.25) is 0 Å². The predicted octanol–water partition coefficient (Wildman–Crippen LogP) is 2.88. The van der Waals surface area contributed by atoms with Gasteiger partial charge in [-0.15, -0.1) is 0 Å². The Labute approximate surface area is 164 Å². The molecule has 0 amide bonds. The highest BCUT2D eigenvalue weighted by Gasteiger charge is 2.24. The first-order valence-electron chi connectivity index (χ1n) is 8.89. The fraction of sp³-hybridized carbons (Fsp3) is 0.350. The molecule has 7 nitrogen and oxygen atoms in total. The molecule has 0 aromatic heterocycles. The van der Waals surface area contributed by atoms with Gasteiger partial charge in [-0.25, -0.2) is 4.79 Å². The number of benzene rings is 2. The molecule has 0 spiro atoms. The lowest BCUT2D eigenvalue weighted by Gasteiger charge is -2.20. The van der Waals surface area contributed by atoms with Crippen molar-refractivity contribution in [3.8, 4) is 5.75 Å². The van der Waals surface area contributed by atoms with Gasteiger partial charge in [-0.3, -0.25) is 4.57 Å². The van der Waals surface area contributed by atoms with Crippen LogP contribution < -0.4 is 10.1 Å². The average Bonchev–Trinajstić information content (AvgIpc) is 2.65. The van der Waals surface area contributed by atoms with Crippen LogP contribution in [0.25, 0.3) is 0 Å². The van der Waals surface area contributed by atoms with E-state index >= 15 is 0 Å². The number of nitrogens with one attached hydrogen (secondary N) is 1. The Balaban J connectivity index is 1.93. The Morgan fingerprint density at radius 2 is 1.89 bits per heavy atom. The summed E-state index contributed by atoms with van der Waals surface area (Å²) in [4.78, 5) is 21.5. The number of carboxylic acids is 1. The van der Waals surface area contributed by atoms with Crippen molar-refractivity contribution in [2.75, 3.05) is 19.8 Å². The lowest BCUT2D eigenvalue weighted by Crippen LogP contribution is -2.31. The molecule has 2 rings (SSSR count). The van der Waals surface area contributed by atoms with Crippen LogP contribution in [-0.2, 0) is 10.7 Å². The van der Waals surface area contributed by atoms with E-state index in [1.165, 1.54) is 13.2 Å². The summed E-state index contributed by atoms with van der Waals surface area (Å²) in [5, 5.41) is 22.5. The van der Waals surface area contributed by atoms with Crippen molar-refractivity contribution in [3.63, 3.8) is 0 Å². The van der Waals surface area contributed by atoms with Crippen molar-refractivity contribution in [3.05, 3.63) is 65.2 Å². The molecule has 0 saturated carbocycles. The van der Waals surface area contributed by atoms with Crippen molar-refractivity contribution in [1.29, 1.82) is 0 Å². The van der Waals surface area contributed by atoms with Gasteiger partial charge in [-0.1, -0.05) is 36.4 Å². The quantitative estimate of drug-likeness (QED) is 0.448. The molecule has 0 saturated heterocycles. The van der Waals surface area contributed by atoms with Crippen LogP contribution in [0.15, 0.2) is 48.5 Å². The molecular weight excluding hydrogens is 381 g/mol. The van der Waals surface area contributed by atoms with Gasteiger partial charge in [0.25, 0.3) is 0 Å². The molecule has 0 aliphatic carbocycles. The van der Waals surface area contributed by atoms with Crippen LogP contribution >= 0.6 is 7.37 Å². The van der Waals surface area contributed by atoms with E-state index < -0.39 is 19.4 Å². The average molecular weight is 407 g/mol. The van der Waals surface area contributed by atoms with Crippen LogP contribution in [0.4, 0.5) is 0 Å². The summed E-state index contributed by atoms with van der Waals surface area (Å²) in [6.45, 7) is 1.93. The van der Waals surface area contributed by atoms with E-state index in [4.69, 9.17) is 4.74 Å². The molecule has 0 fully saturated rings. The van der Waals surface area contributed by atoms with Crippen molar-refractivity contribution >= 4 is 13.3 Å². The highest BCUT2D eigenvalue weighted by molar-refractivity contribution is 7.57. The molecule has 0 aliphatic rings. The van der Waals surface area contributed by atoms with Gasteiger partial charge in [0, 0.05) is 18.7 Å². The maximum absolute atomic E-state index is 12.4. The Kier molecular flexibility index (Phi) is 7.78. The fourth-order valence-corrected chi connectivity index (χ4v) is 4.62. The van der Waals surface area contributed by atoms with E-state index in [2.05, 4.69) is 5.32 Å². The van der Waals surface area contributed by atoms with Crippen molar-refractivity contribution in [2.24, 2.45) is 0 Å². The zero-order chi connectivity index (χ0) is 20.7. The van der Waals surface area contributed by atoms with Gasteiger partial charge in [0.05, 0.1) is 19.4 Å². The van der Waals surface area contributed by atoms with E-state index in [0.717, 1.165) is 5.56 Å². The SMILES string of the molecule is COc1ccc(C(C)NCC(O)CP(=O)(O)Cc2ccccc2)cc1C(=O)O. The topological polar surface area (TPSA) is 116 Å². The fourth-order valence-electron chi connectivity index (χ4n) is 2.92. The number of hydrogen-bond acceptors (Lipinski definition) is 5. The van der Waals surface area contributed by atoms with E-state index in [-0.39, 0.29) is 36.2 Å². The number of aliphatic hydroxyl groups is 1. The third-order valence-electron chi connectivity index (χ3n) is 4.38. The Morgan fingerprint density at radius 1 is 1.21 bits per heavy atom. The smallest absolute Gasteiger partial charge is 0.339 e. The molecule has 152 valence electrons. The Morgan fingerprint density at radius 3 is 2.50 bits per heavy atom. The summed E-state index contributed by atoms with van der Waals surface area (Å²) in [7, 11) is -2.11. The van der Waals surface area contributed by atoms with Gasteiger partial charge in [-0.05, 0) is 30.2 Å². The summed E-state index contributed by atoms with van der Waals surface area (Å²) in [6.07, 6.45) is -1.20. The number of aromatic carboxylic acids is 1. The minimum atomic E-state index is -3.52. The Bertz CT molecular complexity index is 842. The molecule has 0 radical (unpaired) electrons. The lowest BCUT2D eigenvalue weighted by molar-refractivity contribution is 0.0693. The summed E-state index contributed by atoms with van der Waals surface area (Å²) in [6, 6.07) is 13.6. The summed E-state index contributed by atoms with van der Waals surface area (Å²) in [5.41, 5.74) is 1.51. The maximum atomic E-state index is 12.4. The number of rotatable bonds is 10. The van der Waals surface area contributed by atoms with Crippen LogP contribution in [0.3, 0.4) is 0 Å². The first-order valence-corrected chi connectivity index (χ1v) is 10.9. The van der Waals surface area contributed by atoms with Crippen LogP contribution in [0.1, 0.15) is 34.5 Å². The van der Waals surface area contributed by atoms with Gasteiger partial charge < -0.3 is 25.2 Å². The number of carbonyl (C=O) groups is 1. The highest BCUT2D eigenvalue weighted by atomic mass is 31.2. The molecule has 28 heavy (non-hydrogen) atoms. The molecule has 2 aromatic rings. The van der Waals surface area contributed by atoms with Crippen molar-refractivity contribution in [2.45, 2.75) is 25.2 Å². The van der Waals surface area contributed by atoms with Crippen LogP contribution in [0.5, 0.6) is 5.75 Å². The number of hydrogen-bond donors (Lipinski definition) is 4. The van der Waals surface area contributed by atoms with Crippen LogP contribution in [0, 0.1) is 0 Å². The molecule has 0 heterocycles. The Hall–Kier alpha value is -2.18. The van der Waals surface area contributed by atoms with Gasteiger partial charge in [-0.2, -0.15) is 0 Å². The zero-order valence-electron chi connectivity index (χ0n) is 15.9. The second-order valence-corrected chi connectivity index (χ2v) is 9.10. The predicted molar refractivity (Wildman–Crippen MR) is 107 cm³/mol. The van der Waals surface area contributed by atoms with E-state index in [1.54, 1.807) is 36.4 Å². The second-order valence-electron chi connectivity index (χ2n) is 6.72. The summed E-state index contributed by atoms with van der Waals surface area (Å²) < 4.78 is 17.4. The number of carboxylic acid groups (broad SMARTS) is 1. The van der Waals surface area contributed by atoms with Gasteiger partial charge >= 0.3 is 5.97 Å². The maximum Gasteiger partial charge on any atom is 0.339 e. The van der Waals surface area contributed by atoms with Gasteiger partial charge in [0.1, 0.15) is 11.3 Å². The monoisotopic (exact) mass is 407 g/mol. The largest absolute Gasteiger partial charge is 0.496 e. The highest BCUT2D eigenvalue weighted by Crippen LogP contribution is 2.44. The second kappa shape index (κ2) is 9.85. The molecule has 0 aliphatic heterocycles. The minimum Gasteiger partial charge on any atom is -0.496 e. The zero-order valence-corrected chi connectivity index (χ0v) is 16.8. The van der Waals surface area contributed by atoms with Crippen molar-refractivity contribution in [1.82, 2.24) is 5.32 Å². The number of aliphatic hydroxyl groups excluding tert-OH is 1. The first kappa shape index (κ1) is 22.1. The molecule has 3 unspecified atom stereocenters. The minimum absolute atomic E-state index is 0.0148. The van der Waals surface area contributed by atoms with E-state index in [9.17, 15) is 24.5 Å². The lowest BCUT2D eigenvalue weighted by atomic mass is 10.0. The van der Waals surface area contributed by atoms with Crippen molar-refractivity contribution < 1.29 is 29.2 Å². The summed E-state index contributed by atoms with van der Waals surface area (Å²) in [5.74, 6) is -0.821. The molecule has 4 N–H and O–H groups in total. The molecule has 0 bridgehead atoms. The summed E-state index contributed by atoms with van der Waals surface area (Å²) >= 11 is 0. The van der Waals surface area contributed by atoms with E-state index in [0.29, 0.717) is 5.56 Å². The third kappa shape index (κ3) is 6.46. The number of ether oxygens (including phenoxy) is 1. The van der Waals surface area contributed by atoms with E-state index in [1.807, 2.05) is 13.0 Å². The number of methoxy groups -OCH3 is 1. The standard InChI is InChI=1S/C20H26NO6P/c1-14(16-8-9-19(27-2)18(10-16)20(23)24)21-11-17(22)13-28(25,26)12-15-6-4-3-5-7-15/h3-10,14,17,21-22H,11-13H2,1-2H3,(H,23,24)(H,25,26). The first-order chi connectivity index (χ1) is 13.2. The molecule has 8 heteroatoms. The third-order valence-corrected chi connectivity index (χ3v) is 6.23. The molecule has 2 aromatic carbocycles. The van der Waals surface area contributed by atoms with Crippen LogP contribution in [-0.4, -0.2) is 47.0 Å². The molecular formula is C20H26NO6P. The molecule has 3 atom stereocenters. The van der Waals surface area contributed by atoms with Gasteiger partial charge in [0.2, 0.25) is 7.37 Å². The van der Waals surface area contributed by atoms with Gasteiger partial charge in [0.15, 0.2) is 0 Å².